The Morgan fingerprint density at radius 2 is 1.90 bits per heavy atom. The third kappa shape index (κ3) is 4.23. The zero-order chi connectivity index (χ0) is 15.5. The van der Waals surface area contributed by atoms with Crippen molar-refractivity contribution < 1.29 is 4.74 Å². The van der Waals surface area contributed by atoms with E-state index < -0.39 is 0 Å². The summed E-state index contributed by atoms with van der Waals surface area (Å²) in [7, 11) is 0. The minimum absolute atomic E-state index is 0.0688. The van der Waals surface area contributed by atoms with Gasteiger partial charge in [-0.15, -0.1) is 0 Å². The number of ether oxygens (including phenoxy) is 1. The topological polar surface area (TPSA) is 21.3 Å². The van der Waals surface area contributed by atoms with Crippen LogP contribution in [0.3, 0.4) is 0 Å². The number of nitrogens with one attached hydrogen (secondary N) is 1. The predicted molar refractivity (Wildman–Crippen MR) is 90.2 cm³/mol. The molecular formula is C19H31NO. The van der Waals surface area contributed by atoms with Gasteiger partial charge in [-0.05, 0) is 62.3 Å². The van der Waals surface area contributed by atoms with Crippen molar-refractivity contribution in [2.75, 3.05) is 6.54 Å². The number of hydrogen-bond acceptors (Lipinski definition) is 2. The van der Waals surface area contributed by atoms with Crippen LogP contribution in [-0.2, 0) is 0 Å². The molecule has 1 aromatic rings. The van der Waals surface area contributed by atoms with Gasteiger partial charge in [0.2, 0.25) is 0 Å². The first kappa shape index (κ1) is 16.4. The predicted octanol–water partition coefficient (Wildman–Crippen LogP) is 4.81. The Morgan fingerprint density at radius 1 is 1.19 bits per heavy atom. The van der Waals surface area contributed by atoms with Crippen LogP contribution >= 0.6 is 0 Å². The molecule has 1 aromatic carbocycles. The van der Waals surface area contributed by atoms with Gasteiger partial charge in [-0.2, -0.15) is 0 Å². The van der Waals surface area contributed by atoms with Crippen LogP contribution in [0, 0.1) is 6.92 Å². The smallest absolute Gasteiger partial charge is 0.123 e. The molecule has 21 heavy (non-hydrogen) atoms. The monoisotopic (exact) mass is 289 g/mol. The average Bonchev–Trinajstić information content (AvgIpc) is 2.34. The van der Waals surface area contributed by atoms with E-state index in [-0.39, 0.29) is 5.60 Å². The van der Waals surface area contributed by atoms with Crippen LogP contribution in [0.15, 0.2) is 18.2 Å². The van der Waals surface area contributed by atoms with Crippen LogP contribution < -0.4 is 10.1 Å². The number of aryl methyl sites for hydroxylation is 1. The molecule has 0 aromatic heterocycles. The molecule has 0 radical (unpaired) electrons. The van der Waals surface area contributed by atoms with Gasteiger partial charge in [-0.1, -0.05) is 39.8 Å². The third-order valence-corrected chi connectivity index (χ3v) is 4.52. The fourth-order valence-corrected chi connectivity index (χ4v) is 3.00. The van der Waals surface area contributed by atoms with Crippen molar-refractivity contribution in [1.82, 2.24) is 5.32 Å². The molecule has 0 unspecified atom stereocenters. The molecule has 1 aliphatic carbocycles. The lowest BCUT2D eigenvalue weighted by Gasteiger charge is -2.43. The quantitative estimate of drug-likeness (QED) is 0.778. The summed E-state index contributed by atoms with van der Waals surface area (Å²) >= 11 is 0. The van der Waals surface area contributed by atoms with Crippen LogP contribution in [0.1, 0.15) is 70.4 Å². The second-order valence-corrected chi connectivity index (χ2v) is 7.19. The summed E-state index contributed by atoms with van der Waals surface area (Å²) in [5, 5.41) is 3.52. The van der Waals surface area contributed by atoms with Gasteiger partial charge in [0.1, 0.15) is 11.4 Å². The second-order valence-electron chi connectivity index (χ2n) is 7.19. The van der Waals surface area contributed by atoms with E-state index >= 15 is 0 Å². The van der Waals surface area contributed by atoms with E-state index in [2.05, 4.69) is 58.1 Å². The summed E-state index contributed by atoms with van der Waals surface area (Å²) in [5.41, 5.74) is 2.69. The minimum Gasteiger partial charge on any atom is -0.487 e. The normalized spacial score (nSPS) is 17.1. The van der Waals surface area contributed by atoms with Crippen molar-refractivity contribution in [1.29, 1.82) is 0 Å². The molecule has 1 fully saturated rings. The Kier molecular flexibility index (Phi) is 5.32. The lowest BCUT2D eigenvalue weighted by molar-refractivity contribution is -0.0154. The zero-order valence-corrected chi connectivity index (χ0v) is 14.3. The molecule has 0 heterocycles. The largest absolute Gasteiger partial charge is 0.487 e. The molecule has 0 spiro atoms. The van der Waals surface area contributed by atoms with Gasteiger partial charge >= 0.3 is 0 Å². The van der Waals surface area contributed by atoms with Crippen molar-refractivity contribution >= 4 is 0 Å². The summed E-state index contributed by atoms with van der Waals surface area (Å²) in [6.07, 6.45) is 4.79. The number of hydrogen-bond donors (Lipinski definition) is 1. The molecule has 2 rings (SSSR count). The van der Waals surface area contributed by atoms with Crippen LogP contribution in [0.25, 0.3) is 0 Å². The van der Waals surface area contributed by atoms with Crippen LogP contribution in [0.4, 0.5) is 0 Å². The third-order valence-electron chi connectivity index (χ3n) is 4.52. The summed E-state index contributed by atoms with van der Waals surface area (Å²) in [5.74, 6) is 1.61. The van der Waals surface area contributed by atoms with Crippen LogP contribution in [0.5, 0.6) is 5.75 Å². The Morgan fingerprint density at radius 3 is 2.43 bits per heavy atom. The molecular weight excluding hydrogens is 258 g/mol. The molecule has 0 aliphatic heterocycles. The molecule has 0 saturated heterocycles. The summed E-state index contributed by atoms with van der Waals surface area (Å²) in [6.45, 7) is 12.1. The fraction of sp³-hybridized carbons (Fsp3) is 0.684. The van der Waals surface area contributed by atoms with Gasteiger partial charge in [-0.3, -0.25) is 0 Å². The number of benzene rings is 1. The summed E-state index contributed by atoms with van der Waals surface area (Å²) in [6, 6.07) is 7.18. The van der Waals surface area contributed by atoms with E-state index in [0.717, 1.165) is 18.7 Å². The van der Waals surface area contributed by atoms with Crippen molar-refractivity contribution in [3.8, 4) is 5.75 Å². The Hall–Kier alpha value is -1.02. The molecule has 0 bridgehead atoms. The first-order valence-corrected chi connectivity index (χ1v) is 8.45. The molecule has 2 heteroatoms. The first-order chi connectivity index (χ1) is 9.92. The van der Waals surface area contributed by atoms with Gasteiger partial charge in [0.15, 0.2) is 0 Å². The van der Waals surface area contributed by atoms with Crippen molar-refractivity contribution in [3.63, 3.8) is 0 Å². The molecule has 0 atom stereocenters. The van der Waals surface area contributed by atoms with Crippen molar-refractivity contribution in [2.45, 2.75) is 77.9 Å². The maximum Gasteiger partial charge on any atom is 0.123 e. The highest BCUT2D eigenvalue weighted by atomic mass is 16.5. The van der Waals surface area contributed by atoms with E-state index in [1.165, 1.54) is 30.4 Å². The number of rotatable bonds is 7. The van der Waals surface area contributed by atoms with E-state index in [9.17, 15) is 0 Å². The maximum atomic E-state index is 6.55. The van der Waals surface area contributed by atoms with Gasteiger partial charge in [0.25, 0.3) is 0 Å². The molecule has 1 N–H and O–H groups in total. The fourth-order valence-electron chi connectivity index (χ4n) is 3.00. The maximum absolute atomic E-state index is 6.55. The molecule has 1 aliphatic rings. The highest BCUT2D eigenvalue weighted by Crippen LogP contribution is 2.41. The lowest BCUT2D eigenvalue weighted by Crippen LogP contribution is -2.46. The standard InChI is InChI=1S/C19H31NO/c1-14(2)17-8-7-16(5)13-18(17)21-19(9-6-10-19)11-12-20-15(3)4/h7-8,13-15,20H,6,9-12H2,1-5H3. The Bertz CT molecular complexity index is 461. The van der Waals surface area contributed by atoms with Gasteiger partial charge in [0.05, 0.1) is 0 Å². The second kappa shape index (κ2) is 6.83. The lowest BCUT2D eigenvalue weighted by atomic mass is 9.77. The van der Waals surface area contributed by atoms with E-state index in [0.29, 0.717) is 12.0 Å². The average molecular weight is 289 g/mol. The highest BCUT2D eigenvalue weighted by Gasteiger charge is 2.39. The summed E-state index contributed by atoms with van der Waals surface area (Å²) in [4.78, 5) is 0. The zero-order valence-electron chi connectivity index (χ0n) is 14.3. The van der Waals surface area contributed by atoms with Gasteiger partial charge in [0, 0.05) is 6.04 Å². The SMILES string of the molecule is Cc1ccc(C(C)C)c(OC2(CCNC(C)C)CCC2)c1. The van der Waals surface area contributed by atoms with Crippen LogP contribution in [0.2, 0.25) is 0 Å². The van der Waals surface area contributed by atoms with Gasteiger partial charge in [-0.25, -0.2) is 0 Å². The van der Waals surface area contributed by atoms with Crippen LogP contribution in [-0.4, -0.2) is 18.2 Å². The van der Waals surface area contributed by atoms with E-state index in [1.54, 1.807) is 0 Å². The first-order valence-electron chi connectivity index (χ1n) is 8.45. The summed E-state index contributed by atoms with van der Waals surface area (Å²) < 4.78 is 6.55. The van der Waals surface area contributed by atoms with Crippen molar-refractivity contribution in [2.24, 2.45) is 0 Å². The minimum atomic E-state index is 0.0688. The highest BCUT2D eigenvalue weighted by molar-refractivity contribution is 5.39. The molecule has 118 valence electrons. The van der Waals surface area contributed by atoms with Crippen molar-refractivity contribution in [3.05, 3.63) is 29.3 Å². The Balaban J connectivity index is 2.09. The molecule has 2 nitrogen and oxygen atoms in total. The molecule has 1 saturated carbocycles. The Labute approximate surface area is 130 Å². The van der Waals surface area contributed by atoms with Gasteiger partial charge < -0.3 is 10.1 Å². The van der Waals surface area contributed by atoms with E-state index in [4.69, 9.17) is 4.74 Å². The van der Waals surface area contributed by atoms with E-state index in [1.807, 2.05) is 0 Å². The molecule has 0 amide bonds.